The van der Waals surface area contributed by atoms with Crippen molar-refractivity contribution in [3.63, 3.8) is 0 Å². The summed E-state index contributed by atoms with van der Waals surface area (Å²) < 4.78 is 52.6. The molecule has 0 radical (unpaired) electrons. The van der Waals surface area contributed by atoms with Gasteiger partial charge in [0.1, 0.15) is 34.7 Å². The Bertz CT molecular complexity index is 2310. The molecule has 1 spiro atoms. The van der Waals surface area contributed by atoms with Crippen molar-refractivity contribution in [2.45, 2.75) is 152 Å². The second kappa shape index (κ2) is 19.3. The molecule has 17 heteroatoms. The van der Waals surface area contributed by atoms with Crippen molar-refractivity contribution < 1.29 is 46.5 Å². The molecular formula is C49H70N6O10S. The summed E-state index contributed by atoms with van der Waals surface area (Å²) in [5.41, 5.74) is -0.279. The Morgan fingerprint density at radius 2 is 1.83 bits per heavy atom. The monoisotopic (exact) mass is 934 g/mol. The molecule has 8 rings (SSSR count). The van der Waals surface area contributed by atoms with Gasteiger partial charge in [-0.1, -0.05) is 52.7 Å². The number of amides is 4. The van der Waals surface area contributed by atoms with Crippen LogP contribution >= 0.6 is 0 Å². The van der Waals surface area contributed by atoms with Crippen molar-refractivity contribution in [2.24, 2.45) is 11.3 Å². The van der Waals surface area contributed by atoms with Crippen molar-refractivity contribution in [3.8, 4) is 11.5 Å². The number of hydrogen-bond acceptors (Lipinski definition) is 12. The van der Waals surface area contributed by atoms with Gasteiger partial charge in [0.2, 0.25) is 21.8 Å². The number of pyridine rings is 1. The fourth-order valence-electron chi connectivity index (χ4n) is 10.0. The standard InChI is InChI=1S/C49H70N6O10S/c1-6-37-41-35(36-29-34(15-16-38(36)50-37)63-26-12-23-54-24-27-62-28-25-54)18-19-48(65-41)30-40-42(56)52-49(44(58)53-66(60,61)47(5)21-22-47)20-17-33(49)13-10-8-7-9-11-14-39(43(57)55(40)31-48)51-45(59)64-32-46(2,3)4/h10,13,15-16,29,33,39-40H,6-9,11-12,14,17-28,30-32H2,1-5H3,(H,51,59)(H,52,56)(H,53,58). The summed E-state index contributed by atoms with van der Waals surface area (Å²) in [4.78, 5) is 66.7. The summed E-state index contributed by atoms with van der Waals surface area (Å²) in [5.74, 6) is -0.872. The maximum Gasteiger partial charge on any atom is 0.407 e. The molecular weight excluding hydrogens is 865 g/mol. The van der Waals surface area contributed by atoms with Crippen LogP contribution in [-0.2, 0) is 46.7 Å². The van der Waals surface area contributed by atoms with E-state index in [9.17, 15) is 18.0 Å². The summed E-state index contributed by atoms with van der Waals surface area (Å²) in [6, 6.07) is 3.85. The predicted octanol–water partition coefficient (Wildman–Crippen LogP) is 5.49. The molecule has 2 saturated carbocycles. The van der Waals surface area contributed by atoms with E-state index in [1.165, 1.54) is 4.90 Å². The van der Waals surface area contributed by atoms with Gasteiger partial charge in [-0.25, -0.2) is 18.2 Å². The van der Waals surface area contributed by atoms with Gasteiger partial charge in [-0.2, -0.15) is 0 Å². The number of carbonyl (C=O) groups excluding carboxylic acids is 4. The molecule has 4 amide bonds. The van der Waals surface area contributed by atoms with Gasteiger partial charge < -0.3 is 34.5 Å². The number of aromatic nitrogens is 1. The fraction of sp³-hybridized carbons (Fsp3) is 0.694. The van der Waals surface area contributed by atoms with Gasteiger partial charge in [0.15, 0.2) is 0 Å². The van der Waals surface area contributed by atoms with E-state index in [0.717, 1.165) is 80.0 Å². The van der Waals surface area contributed by atoms with E-state index < -0.39 is 67.7 Å². The van der Waals surface area contributed by atoms with Crippen LogP contribution in [0.5, 0.6) is 11.5 Å². The van der Waals surface area contributed by atoms with Gasteiger partial charge in [0.25, 0.3) is 5.91 Å². The van der Waals surface area contributed by atoms with Crippen molar-refractivity contribution >= 4 is 44.7 Å². The highest BCUT2D eigenvalue weighted by atomic mass is 32.2. The molecule has 5 unspecified atom stereocenters. The first kappa shape index (κ1) is 48.0. The highest BCUT2D eigenvalue weighted by Gasteiger charge is 2.59. The van der Waals surface area contributed by atoms with Crippen LogP contribution in [0.3, 0.4) is 0 Å². The van der Waals surface area contributed by atoms with E-state index in [4.69, 9.17) is 23.9 Å². The molecule has 6 aliphatic rings. The van der Waals surface area contributed by atoms with Crippen LogP contribution in [0.4, 0.5) is 4.79 Å². The van der Waals surface area contributed by atoms with Gasteiger partial charge in [-0.05, 0) is 101 Å². The molecule has 5 atom stereocenters. The summed E-state index contributed by atoms with van der Waals surface area (Å²) >= 11 is 0. The molecule has 2 saturated heterocycles. The molecule has 2 aromatic rings. The number of morpholine rings is 1. The first-order chi connectivity index (χ1) is 31.4. The zero-order chi connectivity index (χ0) is 46.9. The van der Waals surface area contributed by atoms with E-state index >= 15 is 9.59 Å². The van der Waals surface area contributed by atoms with Crippen molar-refractivity contribution in [2.75, 3.05) is 52.6 Å². The fourth-order valence-corrected chi connectivity index (χ4v) is 11.4. The highest BCUT2D eigenvalue weighted by Crippen LogP contribution is 2.47. The average Bonchev–Trinajstić information content (AvgIpc) is 3.95. The van der Waals surface area contributed by atoms with E-state index in [1.54, 1.807) is 6.92 Å². The van der Waals surface area contributed by atoms with E-state index in [-0.39, 0.29) is 31.4 Å². The number of ether oxygens (including phenoxy) is 4. The first-order valence-electron chi connectivity index (χ1n) is 24.3. The number of nitrogens with one attached hydrogen (secondary N) is 3. The Balaban J connectivity index is 1.10. The lowest BCUT2D eigenvalue weighted by Crippen LogP contribution is -2.70. The second-order valence-corrected chi connectivity index (χ2v) is 23.1. The molecule has 16 nitrogen and oxygen atoms in total. The minimum absolute atomic E-state index is 0.0430. The SMILES string of the molecule is CCc1nc2ccc(OCCCN3CCOCC3)cc2c2c1OC1(CC2)CC2C(=O)NC3(C(=O)NS(=O)(=O)C4(C)CC4)CCC3C=CCCCCCC(NC(=O)OCC(C)(C)C)C(=O)N2C1. The van der Waals surface area contributed by atoms with Gasteiger partial charge >= 0.3 is 6.09 Å². The minimum Gasteiger partial charge on any atom is -0.494 e. The van der Waals surface area contributed by atoms with Crippen molar-refractivity contribution in [3.05, 3.63) is 41.6 Å². The Morgan fingerprint density at radius 3 is 2.55 bits per heavy atom. The lowest BCUT2D eigenvalue weighted by atomic mass is 9.65. The number of aryl methyl sites for hydroxylation is 2. The van der Waals surface area contributed by atoms with Crippen LogP contribution in [0.2, 0.25) is 0 Å². The number of carbonyl (C=O) groups is 4. The number of sulfonamides is 1. The summed E-state index contributed by atoms with van der Waals surface area (Å²) in [6.45, 7) is 14.5. The molecule has 1 aromatic heterocycles. The quantitative estimate of drug-likeness (QED) is 0.190. The van der Waals surface area contributed by atoms with Crippen LogP contribution in [0.15, 0.2) is 30.4 Å². The summed E-state index contributed by atoms with van der Waals surface area (Å²) in [6.07, 6.45) is 10.7. The van der Waals surface area contributed by atoms with Crippen LogP contribution in [0.25, 0.3) is 10.9 Å². The number of alkyl carbamates (subject to hydrolysis) is 1. The molecule has 0 bridgehead atoms. The third-order valence-electron chi connectivity index (χ3n) is 14.6. The predicted molar refractivity (Wildman–Crippen MR) is 249 cm³/mol. The molecule has 5 heterocycles. The van der Waals surface area contributed by atoms with Gasteiger partial charge in [-0.15, -0.1) is 0 Å². The Labute approximate surface area is 389 Å². The number of fused-ring (bicyclic) bond motifs is 5. The molecule has 362 valence electrons. The second-order valence-electron chi connectivity index (χ2n) is 20.9. The third-order valence-corrected chi connectivity index (χ3v) is 16.7. The zero-order valence-electron chi connectivity index (χ0n) is 39.5. The minimum atomic E-state index is -4.02. The lowest BCUT2D eigenvalue weighted by Gasteiger charge is -2.48. The van der Waals surface area contributed by atoms with E-state index in [2.05, 4.69) is 20.3 Å². The molecule has 4 aliphatic heterocycles. The van der Waals surface area contributed by atoms with Crippen molar-refractivity contribution in [1.82, 2.24) is 30.1 Å². The highest BCUT2D eigenvalue weighted by molar-refractivity contribution is 7.91. The molecule has 66 heavy (non-hydrogen) atoms. The van der Waals surface area contributed by atoms with Crippen molar-refractivity contribution in [1.29, 1.82) is 0 Å². The van der Waals surface area contributed by atoms with E-state index in [0.29, 0.717) is 70.1 Å². The van der Waals surface area contributed by atoms with Crippen LogP contribution < -0.4 is 24.8 Å². The zero-order valence-corrected chi connectivity index (χ0v) is 40.3. The topological polar surface area (TPSA) is 195 Å². The number of nitrogens with zero attached hydrogens (tertiary/aromatic N) is 3. The maximum absolute atomic E-state index is 15.0. The Hall–Kier alpha value is -4.48. The first-order valence-corrected chi connectivity index (χ1v) is 25.8. The van der Waals surface area contributed by atoms with E-state index in [1.807, 2.05) is 58.0 Å². The summed E-state index contributed by atoms with van der Waals surface area (Å²) in [7, 11) is -4.02. The van der Waals surface area contributed by atoms with Gasteiger partial charge in [0, 0.05) is 42.9 Å². The van der Waals surface area contributed by atoms with Crippen LogP contribution in [0.1, 0.15) is 123 Å². The third kappa shape index (κ3) is 10.3. The summed E-state index contributed by atoms with van der Waals surface area (Å²) in [5, 5.41) is 6.82. The normalized spacial score (nSPS) is 28.1. The molecule has 1 aromatic carbocycles. The maximum atomic E-state index is 15.0. The van der Waals surface area contributed by atoms with Crippen LogP contribution in [-0.4, -0.2) is 128 Å². The number of allylic oxidation sites excluding steroid dienone is 1. The smallest absolute Gasteiger partial charge is 0.407 e. The molecule has 3 N–H and O–H groups in total. The number of hydrogen-bond donors (Lipinski definition) is 3. The Morgan fingerprint density at radius 1 is 1.05 bits per heavy atom. The molecule has 4 fully saturated rings. The van der Waals surface area contributed by atoms with Gasteiger partial charge in [0.05, 0.1) is 48.9 Å². The number of rotatable bonds is 11. The van der Waals surface area contributed by atoms with Crippen LogP contribution in [0, 0.1) is 11.3 Å². The Kier molecular flexibility index (Phi) is 14.0. The number of benzene rings is 1. The van der Waals surface area contributed by atoms with Gasteiger partial charge in [-0.3, -0.25) is 24.0 Å². The molecule has 2 aliphatic carbocycles. The average molecular weight is 935 g/mol. The lowest BCUT2D eigenvalue weighted by molar-refractivity contribution is -0.144. The largest absolute Gasteiger partial charge is 0.494 e.